The van der Waals surface area contributed by atoms with Gasteiger partial charge in [0, 0.05) is 6.54 Å². The van der Waals surface area contributed by atoms with Gasteiger partial charge in [-0.1, -0.05) is 35.9 Å². The Morgan fingerprint density at radius 2 is 1.71 bits per heavy atom. The highest BCUT2D eigenvalue weighted by atomic mass is 16.5. The molecule has 1 N–H and O–H groups in total. The van der Waals surface area contributed by atoms with Gasteiger partial charge in [0.1, 0.15) is 5.75 Å². The molecule has 0 aromatic heterocycles. The summed E-state index contributed by atoms with van der Waals surface area (Å²) in [7, 11) is 0. The molecule has 0 saturated carbocycles. The summed E-state index contributed by atoms with van der Waals surface area (Å²) in [6.07, 6.45) is 1.90. The summed E-state index contributed by atoms with van der Waals surface area (Å²) < 4.78 is 5.68. The fourth-order valence-corrected chi connectivity index (χ4v) is 2.62. The number of aryl methyl sites for hydroxylation is 4. The first-order valence-electron chi connectivity index (χ1n) is 8.48. The first-order chi connectivity index (χ1) is 11.5. The minimum absolute atomic E-state index is 0.0638. The minimum Gasteiger partial charge on any atom is -0.483 e. The molecular weight excluding hydrogens is 298 g/mol. The average Bonchev–Trinajstić information content (AvgIpc) is 2.55. The van der Waals surface area contributed by atoms with E-state index in [9.17, 15) is 4.79 Å². The van der Waals surface area contributed by atoms with Gasteiger partial charge in [-0.25, -0.2) is 0 Å². The summed E-state index contributed by atoms with van der Waals surface area (Å²) in [5, 5.41) is 2.92. The summed E-state index contributed by atoms with van der Waals surface area (Å²) >= 11 is 0. The molecular formula is C21H27NO2. The Morgan fingerprint density at radius 3 is 2.42 bits per heavy atom. The van der Waals surface area contributed by atoms with Crippen molar-refractivity contribution in [3.05, 3.63) is 64.2 Å². The number of carbonyl (C=O) groups is 1. The molecule has 2 aromatic rings. The lowest BCUT2D eigenvalue weighted by Gasteiger charge is -2.12. The van der Waals surface area contributed by atoms with E-state index in [0.717, 1.165) is 29.7 Å². The predicted molar refractivity (Wildman–Crippen MR) is 98.7 cm³/mol. The lowest BCUT2D eigenvalue weighted by molar-refractivity contribution is -0.123. The predicted octanol–water partition coefficient (Wildman–Crippen LogP) is 4.05. The van der Waals surface area contributed by atoms with Crippen LogP contribution < -0.4 is 10.1 Å². The molecule has 0 aliphatic rings. The van der Waals surface area contributed by atoms with E-state index in [1.54, 1.807) is 0 Å². The standard InChI is InChI=1S/C21H27NO2/c1-15-7-9-19(10-8-15)6-5-11-22-21(23)14-24-20-13-16(2)12-17(3)18(20)4/h7-10,12-13H,5-6,11,14H2,1-4H3,(H,22,23). The van der Waals surface area contributed by atoms with Crippen molar-refractivity contribution >= 4 is 5.91 Å². The van der Waals surface area contributed by atoms with Gasteiger partial charge in [0.25, 0.3) is 5.91 Å². The number of hydrogen-bond donors (Lipinski definition) is 1. The highest BCUT2D eigenvalue weighted by Crippen LogP contribution is 2.23. The Hall–Kier alpha value is -2.29. The van der Waals surface area contributed by atoms with Crippen LogP contribution >= 0.6 is 0 Å². The lowest BCUT2D eigenvalue weighted by atomic mass is 10.1. The Bertz CT molecular complexity index is 690. The second-order valence-corrected chi connectivity index (χ2v) is 6.43. The third-order valence-corrected chi connectivity index (χ3v) is 4.21. The van der Waals surface area contributed by atoms with Crippen LogP contribution in [0.3, 0.4) is 0 Å². The molecule has 0 saturated heterocycles. The maximum absolute atomic E-state index is 11.9. The molecule has 2 rings (SSSR count). The number of ether oxygens (including phenoxy) is 1. The number of carbonyl (C=O) groups excluding carboxylic acids is 1. The van der Waals surface area contributed by atoms with Crippen molar-refractivity contribution < 1.29 is 9.53 Å². The van der Waals surface area contributed by atoms with E-state index in [1.807, 2.05) is 19.9 Å². The molecule has 0 heterocycles. The van der Waals surface area contributed by atoms with E-state index in [0.29, 0.717) is 6.54 Å². The molecule has 0 bridgehead atoms. The van der Waals surface area contributed by atoms with Gasteiger partial charge in [0.15, 0.2) is 6.61 Å². The molecule has 0 fully saturated rings. The van der Waals surface area contributed by atoms with Crippen LogP contribution in [0.5, 0.6) is 5.75 Å². The summed E-state index contributed by atoms with van der Waals surface area (Å²) in [4.78, 5) is 11.9. The smallest absolute Gasteiger partial charge is 0.257 e. The molecule has 0 unspecified atom stereocenters. The maximum Gasteiger partial charge on any atom is 0.257 e. The first kappa shape index (κ1) is 18.1. The molecule has 0 radical (unpaired) electrons. The molecule has 0 spiro atoms. The summed E-state index contributed by atoms with van der Waals surface area (Å²) in [6, 6.07) is 12.6. The van der Waals surface area contributed by atoms with Gasteiger partial charge in [0.05, 0.1) is 0 Å². The van der Waals surface area contributed by atoms with Gasteiger partial charge in [-0.2, -0.15) is 0 Å². The normalized spacial score (nSPS) is 10.5. The first-order valence-corrected chi connectivity index (χ1v) is 8.48. The van der Waals surface area contributed by atoms with Crippen molar-refractivity contribution in [2.24, 2.45) is 0 Å². The van der Waals surface area contributed by atoms with Gasteiger partial charge in [-0.3, -0.25) is 4.79 Å². The van der Waals surface area contributed by atoms with Gasteiger partial charge in [-0.05, 0) is 68.9 Å². The number of amides is 1. The molecule has 0 aliphatic heterocycles. The zero-order valence-electron chi connectivity index (χ0n) is 15.1. The SMILES string of the molecule is Cc1ccc(CCCNC(=O)COc2cc(C)cc(C)c2C)cc1. The molecule has 1 amide bonds. The van der Waals surface area contributed by atoms with Crippen molar-refractivity contribution in [1.29, 1.82) is 0 Å². The molecule has 2 aromatic carbocycles. The van der Waals surface area contributed by atoms with Crippen LogP contribution in [0, 0.1) is 27.7 Å². The second-order valence-electron chi connectivity index (χ2n) is 6.43. The van der Waals surface area contributed by atoms with Crippen LogP contribution in [-0.2, 0) is 11.2 Å². The fraction of sp³-hybridized carbons (Fsp3) is 0.381. The fourth-order valence-electron chi connectivity index (χ4n) is 2.62. The second kappa shape index (κ2) is 8.53. The topological polar surface area (TPSA) is 38.3 Å². The van der Waals surface area contributed by atoms with E-state index >= 15 is 0 Å². The summed E-state index contributed by atoms with van der Waals surface area (Å²) in [5.41, 5.74) is 5.99. The summed E-state index contributed by atoms with van der Waals surface area (Å²) in [5.74, 6) is 0.722. The van der Waals surface area contributed by atoms with E-state index < -0.39 is 0 Å². The van der Waals surface area contributed by atoms with E-state index in [2.05, 4.69) is 49.5 Å². The Labute approximate surface area is 145 Å². The molecule has 128 valence electrons. The van der Waals surface area contributed by atoms with Gasteiger partial charge in [-0.15, -0.1) is 0 Å². The Balaban J connectivity index is 1.71. The Morgan fingerprint density at radius 1 is 1.00 bits per heavy atom. The van der Waals surface area contributed by atoms with Crippen LogP contribution in [0.2, 0.25) is 0 Å². The van der Waals surface area contributed by atoms with Crippen LogP contribution in [0.4, 0.5) is 0 Å². The number of nitrogens with one attached hydrogen (secondary N) is 1. The monoisotopic (exact) mass is 325 g/mol. The van der Waals surface area contributed by atoms with E-state index in [-0.39, 0.29) is 12.5 Å². The van der Waals surface area contributed by atoms with Crippen molar-refractivity contribution in [1.82, 2.24) is 5.32 Å². The van der Waals surface area contributed by atoms with E-state index in [1.165, 1.54) is 16.7 Å². The molecule has 0 aliphatic carbocycles. The largest absolute Gasteiger partial charge is 0.483 e. The zero-order chi connectivity index (χ0) is 17.5. The summed E-state index contributed by atoms with van der Waals surface area (Å²) in [6.45, 7) is 8.92. The van der Waals surface area contributed by atoms with Crippen LogP contribution in [0.1, 0.15) is 34.2 Å². The molecule has 3 heteroatoms. The van der Waals surface area contributed by atoms with Crippen molar-refractivity contribution in [3.63, 3.8) is 0 Å². The maximum atomic E-state index is 11.9. The Kier molecular flexibility index (Phi) is 6.42. The third kappa shape index (κ3) is 5.41. The average molecular weight is 325 g/mol. The minimum atomic E-state index is -0.0718. The zero-order valence-corrected chi connectivity index (χ0v) is 15.1. The lowest BCUT2D eigenvalue weighted by Crippen LogP contribution is -2.30. The molecule has 0 atom stereocenters. The molecule has 3 nitrogen and oxygen atoms in total. The van der Waals surface area contributed by atoms with Gasteiger partial charge >= 0.3 is 0 Å². The van der Waals surface area contributed by atoms with Crippen molar-refractivity contribution in [2.45, 2.75) is 40.5 Å². The van der Waals surface area contributed by atoms with Crippen LogP contribution in [0.15, 0.2) is 36.4 Å². The van der Waals surface area contributed by atoms with E-state index in [4.69, 9.17) is 4.74 Å². The van der Waals surface area contributed by atoms with Gasteiger partial charge in [0.2, 0.25) is 0 Å². The molecule has 24 heavy (non-hydrogen) atoms. The third-order valence-electron chi connectivity index (χ3n) is 4.21. The highest BCUT2D eigenvalue weighted by Gasteiger charge is 2.07. The number of benzene rings is 2. The highest BCUT2D eigenvalue weighted by molar-refractivity contribution is 5.77. The van der Waals surface area contributed by atoms with Crippen molar-refractivity contribution in [3.8, 4) is 5.75 Å². The van der Waals surface area contributed by atoms with Gasteiger partial charge < -0.3 is 10.1 Å². The van der Waals surface area contributed by atoms with Crippen LogP contribution in [0.25, 0.3) is 0 Å². The number of rotatable bonds is 7. The quantitative estimate of drug-likeness (QED) is 0.780. The van der Waals surface area contributed by atoms with Crippen molar-refractivity contribution in [2.75, 3.05) is 13.2 Å². The number of hydrogen-bond acceptors (Lipinski definition) is 2. The van der Waals surface area contributed by atoms with Crippen LogP contribution in [-0.4, -0.2) is 19.1 Å².